The third-order valence-electron chi connectivity index (χ3n) is 6.53. The van der Waals surface area contributed by atoms with Gasteiger partial charge in [-0.3, -0.25) is 4.90 Å². The second-order valence-corrected chi connectivity index (χ2v) is 8.08. The molecule has 3 aliphatic rings. The van der Waals surface area contributed by atoms with E-state index in [0.717, 1.165) is 11.6 Å². The average molecular weight is 325 g/mol. The van der Waals surface area contributed by atoms with E-state index in [1.54, 1.807) is 5.57 Å². The van der Waals surface area contributed by atoms with Crippen molar-refractivity contribution in [3.63, 3.8) is 0 Å². The largest absolute Gasteiger partial charge is 0.388 e. The Morgan fingerprint density at radius 1 is 0.917 bits per heavy atom. The van der Waals surface area contributed by atoms with Gasteiger partial charge in [-0.25, -0.2) is 0 Å². The lowest BCUT2D eigenvalue weighted by Gasteiger charge is -2.40. The minimum absolute atomic E-state index is 0.264. The molecule has 1 heterocycles. The second kappa shape index (κ2) is 7.41. The van der Waals surface area contributed by atoms with Gasteiger partial charge in [-0.15, -0.1) is 0 Å². The normalized spacial score (nSPS) is 24.8. The van der Waals surface area contributed by atoms with Crippen LogP contribution in [0.25, 0.3) is 6.08 Å². The summed E-state index contributed by atoms with van der Waals surface area (Å²) in [7, 11) is 0. The zero-order valence-electron chi connectivity index (χ0n) is 14.8. The summed E-state index contributed by atoms with van der Waals surface area (Å²) in [5.41, 5.74) is 3.99. The number of hydrogen-bond acceptors (Lipinski definition) is 2. The Kier molecular flexibility index (Phi) is 5.05. The standard InChI is InChI=1S/C22H31NO/c24-22(19-4-1-2-5-19)20-10-8-17(9-11-20)16-18-12-14-23(15-13-18)21-6-3-7-21/h8-11,16,19,21-22,24H,1-7,12-15H2. The number of likely N-dealkylation sites (tertiary alicyclic amines) is 1. The van der Waals surface area contributed by atoms with Crippen molar-refractivity contribution in [1.82, 2.24) is 4.90 Å². The summed E-state index contributed by atoms with van der Waals surface area (Å²) in [5, 5.41) is 10.5. The molecule has 2 nitrogen and oxygen atoms in total. The molecule has 24 heavy (non-hydrogen) atoms. The van der Waals surface area contributed by atoms with Crippen LogP contribution in [-0.4, -0.2) is 29.1 Å². The van der Waals surface area contributed by atoms with Crippen molar-refractivity contribution in [1.29, 1.82) is 0 Å². The SMILES string of the molecule is OC(c1ccc(C=C2CCN(C3CCC3)CC2)cc1)C1CCCC1. The molecule has 0 radical (unpaired) electrons. The average Bonchev–Trinajstić information content (AvgIpc) is 3.10. The van der Waals surface area contributed by atoms with E-state index in [-0.39, 0.29) is 6.10 Å². The molecule has 3 fully saturated rings. The van der Waals surface area contributed by atoms with Crippen molar-refractivity contribution in [2.45, 2.75) is 69.9 Å². The lowest BCUT2D eigenvalue weighted by atomic mass is 9.89. The van der Waals surface area contributed by atoms with E-state index in [0.29, 0.717) is 5.92 Å². The molecular weight excluding hydrogens is 294 g/mol. The van der Waals surface area contributed by atoms with Gasteiger partial charge in [0.25, 0.3) is 0 Å². The van der Waals surface area contributed by atoms with Gasteiger partial charge in [0.15, 0.2) is 0 Å². The van der Waals surface area contributed by atoms with Crippen molar-refractivity contribution in [3.8, 4) is 0 Å². The molecule has 130 valence electrons. The Hall–Kier alpha value is -1.12. The molecule has 0 aromatic heterocycles. The van der Waals surface area contributed by atoms with Crippen molar-refractivity contribution < 1.29 is 5.11 Å². The number of benzene rings is 1. The summed E-state index contributed by atoms with van der Waals surface area (Å²) in [6.07, 6.45) is 13.8. The van der Waals surface area contributed by atoms with Crippen molar-refractivity contribution in [2.75, 3.05) is 13.1 Å². The lowest BCUT2D eigenvalue weighted by Crippen LogP contribution is -2.43. The molecular formula is C22H31NO. The topological polar surface area (TPSA) is 23.5 Å². The van der Waals surface area contributed by atoms with E-state index in [1.807, 2.05) is 0 Å². The first-order valence-electron chi connectivity index (χ1n) is 10.0. The van der Waals surface area contributed by atoms with E-state index in [1.165, 1.54) is 76.4 Å². The number of aliphatic hydroxyl groups excluding tert-OH is 1. The van der Waals surface area contributed by atoms with E-state index in [9.17, 15) is 5.11 Å². The maximum Gasteiger partial charge on any atom is 0.0818 e. The maximum atomic E-state index is 10.5. The fourth-order valence-electron chi connectivity index (χ4n) is 4.64. The Bertz CT molecular complexity index is 556. The molecule has 2 heteroatoms. The molecule has 1 unspecified atom stereocenters. The summed E-state index contributed by atoms with van der Waals surface area (Å²) in [6.45, 7) is 2.49. The molecule has 2 saturated carbocycles. The van der Waals surface area contributed by atoms with Crippen LogP contribution in [0.4, 0.5) is 0 Å². The quantitative estimate of drug-likeness (QED) is 0.847. The lowest BCUT2D eigenvalue weighted by molar-refractivity contribution is 0.111. The Morgan fingerprint density at radius 2 is 1.58 bits per heavy atom. The highest BCUT2D eigenvalue weighted by atomic mass is 16.3. The van der Waals surface area contributed by atoms with Crippen LogP contribution in [0.2, 0.25) is 0 Å². The first-order chi connectivity index (χ1) is 11.8. The smallest absolute Gasteiger partial charge is 0.0818 e. The van der Waals surface area contributed by atoms with Crippen LogP contribution in [0.5, 0.6) is 0 Å². The van der Waals surface area contributed by atoms with Gasteiger partial charge in [0.05, 0.1) is 6.10 Å². The molecule has 1 aromatic rings. The Morgan fingerprint density at radius 3 is 2.17 bits per heavy atom. The zero-order valence-corrected chi connectivity index (χ0v) is 14.8. The van der Waals surface area contributed by atoms with Crippen LogP contribution in [-0.2, 0) is 0 Å². The highest BCUT2D eigenvalue weighted by Gasteiger charge is 2.27. The summed E-state index contributed by atoms with van der Waals surface area (Å²) in [6, 6.07) is 9.55. The molecule has 1 saturated heterocycles. The highest BCUT2D eigenvalue weighted by Crippen LogP contribution is 2.35. The molecule has 1 aromatic carbocycles. The maximum absolute atomic E-state index is 10.5. The molecule has 0 bridgehead atoms. The molecule has 4 rings (SSSR count). The number of hydrogen-bond donors (Lipinski definition) is 1. The molecule has 1 aliphatic heterocycles. The van der Waals surface area contributed by atoms with Gasteiger partial charge in [0.2, 0.25) is 0 Å². The van der Waals surface area contributed by atoms with Gasteiger partial charge in [-0.05, 0) is 55.6 Å². The summed E-state index contributed by atoms with van der Waals surface area (Å²) >= 11 is 0. The minimum atomic E-state index is -0.264. The Balaban J connectivity index is 1.34. The van der Waals surface area contributed by atoms with Crippen molar-refractivity contribution in [3.05, 3.63) is 41.0 Å². The number of aliphatic hydroxyl groups is 1. The molecule has 0 amide bonds. The zero-order chi connectivity index (χ0) is 16.4. The van der Waals surface area contributed by atoms with Gasteiger partial charge in [0.1, 0.15) is 0 Å². The van der Waals surface area contributed by atoms with Crippen molar-refractivity contribution in [2.24, 2.45) is 5.92 Å². The second-order valence-electron chi connectivity index (χ2n) is 8.08. The monoisotopic (exact) mass is 325 g/mol. The van der Waals surface area contributed by atoms with Crippen LogP contribution in [0.3, 0.4) is 0 Å². The van der Waals surface area contributed by atoms with Crippen molar-refractivity contribution >= 4 is 6.08 Å². The fourth-order valence-corrected chi connectivity index (χ4v) is 4.64. The van der Waals surface area contributed by atoms with Gasteiger partial charge in [-0.1, -0.05) is 55.2 Å². The third kappa shape index (κ3) is 3.60. The fraction of sp³-hybridized carbons (Fsp3) is 0.636. The third-order valence-corrected chi connectivity index (χ3v) is 6.53. The van der Waals surface area contributed by atoms with Crippen LogP contribution in [0.1, 0.15) is 75.0 Å². The minimum Gasteiger partial charge on any atom is -0.388 e. The molecule has 2 aliphatic carbocycles. The number of nitrogens with zero attached hydrogens (tertiary/aromatic N) is 1. The predicted octanol–water partition coefficient (Wildman–Crippen LogP) is 4.94. The summed E-state index contributed by atoms with van der Waals surface area (Å²) < 4.78 is 0. The molecule has 1 N–H and O–H groups in total. The first kappa shape index (κ1) is 16.4. The summed E-state index contributed by atoms with van der Waals surface area (Å²) in [5.74, 6) is 0.477. The van der Waals surface area contributed by atoms with Crippen LogP contribution < -0.4 is 0 Å². The van der Waals surface area contributed by atoms with Gasteiger partial charge < -0.3 is 5.11 Å². The van der Waals surface area contributed by atoms with Crippen LogP contribution in [0, 0.1) is 5.92 Å². The van der Waals surface area contributed by atoms with E-state index >= 15 is 0 Å². The van der Waals surface area contributed by atoms with Crippen LogP contribution in [0.15, 0.2) is 29.8 Å². The molecule has 1 atom stereocenters. The van der Waals surface area contributed by atoms with Gasteiger partial charge >= 0.3 is 0 Å². The highest BCUT2D eigenvalue weighted by molar-refractivity contribution is 5.53. The van der Waals surface area contributed by atoms with Crippen LogP contribution >= 0.6 is 0 Å². The van der Waals surface area contributed by atoms with E-state index < -0.39 is 0 Å². The van der Waals surface area contributed by atoms with E-state index in [4.69, 9.17) is 0 Å². The van der Waals surface area contributed by atoms with Gasteiger partial charge in [0, 0.05) is 19.1 Å². The predicted molar refractivity (Wildman–Crippen MR) is 99.8 cm³/mol. The Labute approximate surface area is 146 Å². The number of piperidine rings is 1. The first-order valence-corrected chi connectivity index (χ1v) is 10.0. The molecule has 0 spiro atoms. The van der Waals surface area contributed by atoms with Gasteiger partial charge in [-0.2, -0.15) is 0 Å². The van der Waals surface area contributed by atoms with E-state index in [2.05, 4.69) is 35.2 Å². The number of rotatable bonds is 4. The summed E-state index contributed by atoms with van der Waals surface area (Å²) in [4.78, 5) is 2.70.